The number of esters is 1. The number of ether oxygens (including phenoxy) is 1. The molecule has 5 nitrogen and oxygen atoms in total. The molecule has 1 aliphatic rings. The smallest absolute Gasteiger partial charge is 0.343 e. The molecule has 0 bridgehead atoms. The Hall–Kier alpha value is -3.16. The van der Waals surface area contributed by atoms with E-state index in [4.69, 9.17) is 4.74 Å². The van der Waals surface area contributed by atoms with Gasteiger partial charge >= 0.3 is 5.97 Å². The van der Waals surface area contributed by atoms with Gasteiger partial charge in [-0.25, -0.2) is 4.79 Å². The summed E-state index contributed by atoms with van der Waals surface area (Å²) in [7, 11) is 0. The number of thioether (sulfide) groups is 1. The van der Waals surface area contributed by atoms with Crippen LogP contribution in [0.15, 0.2) is 82.2 Å². The van der Waals surface area contributed by atoms with Gasteiger partial charge in [0.25, 0.3) is 11.1 Å². The van der Waals surface area contributed by atoms with Crippen molar-refractivity contribution in [2.45, 2.75) is 13.5 Å². The van der Waals surface area contributed by atoms with Crippen molar-refractivity contribution in [1.82, 2.24) is 4.90 Å². The van der Waals surface area contributed by atoms with Crippen molar-refractivity contribution < 1.29 is 19.1 Å². The number of hydrogen-bond donors (Lipinski definition) is 0. The molecule has 0 aliphatic carbocycles. The predicted molar refractivity (Wildman–Crippen MR) is 128 cm³/mol. The van der Waals surface area contributed by atoms with Gasteiger partial charge in [-0.3, -0.25) is 14.5 Å². The fourth-order valence-electron chi connectivity index (χ4n) is 3.19. The van der Waals surface area contributed by atoms with Gasteiger partial charge in [-0.1, -0.05) is 58.4 Å². The maximum atomic E-state index is 13.0. The molecule has 0 unspecified atom stereocenters. The summed E-state index contributed by atoms with van der Waals surface area (Å²) in [6, 6.07) is 21.4. The molecule has 3 aromatic rings. The van der Waals surface area contributed by atoms with Crippen molar-refractivity contribution in [3.63, 3.8) is 0 Å². The Morgan fingerprint density at radius 2 is 1.75 bits per heavy atom. The summed E-state index contributed by atoms with van der Waals surface area (Å²) in [6.07, 6.45) is 1.58. The molecule has 1 fully saturated rings. The number of amides is 2. The van der Waals surface area contributed by atoms with Gasteiger partial charge in [0.05, 0.1) is 17.0 Å². The zero-order valence-corrected chi connectivity index (χ0v) is 19.5. The monoisotopic (exact) mass is 507 g/mol. The fourth-order valence-corrected chi connectivity index (χ4v) is 4.40. The Morgan fingerprint density at radius 1 is 1.03 bits per heavy atom. The number of halogens is 1. The molecule has 4 rings (SSSR count). The third kappa shape index (κ3) is 4.84. The maximum Gasteiger partial charge on any atom is 0.343 e. The van der Waals surface area contributed by atoms with Crippen LogP contribution in [0.3, 0.4) is 0 Å². The Kier molecular flexibility index (Phi) is 6.58. The zero-order chi connectivity index (χ0) is 22.7. The molecule has 2 amide bonds. The van der Waals surface area contributed by atoms with E-state index in [1.54, 1.807) is 48.5 Å². The molecule has 160 valence electrons. The molecule has 0 radical (unpaired) electrons. The SMILES string of the molecule is Cc1ccccc1CN1C(=O)S/C(=C\c2cc(Br)ccc2OC(=O)c2ccccc2)C1=O. The van der Waals surface area contributed by atoms with Crippen LogP contribution in [0.1, 0.15) is 27.0 Å². The predicted octanol–water partition coefficient (Wildman–Crippen LogP) is 6.21. The van der Waals surface area contributed by atoms with E-state index < -0.39 is 5.97 Å². The van der Waals surface area contributed by atoms with Gasteiger partial charge in [-0.15, -0.1) is 0 Å². The molecule has 1 saturated heterocycles. The van der Waals surface area contributed by atoms with Crippen LogP contribution in [0.2, 0.25) is 0 Å². The van der Waals surface area contributed by atoms with Gasteiger partial charge in [0, 0.05) is 10.0 Å². The Morgan fingerprint density at radius 3 is 2.50 bits per heavy atom. The molecule has 0 spiro atoms. The summed E-state index contributed by atoms with van der Waals surface area (Å²) in [5.74, 6) is -0.577. The molecular formula is C25H18BrNO4S. The van der Waals surface area contributed by atoms with E-state index in [2.05, 4.69) is 15.9 Å². The summed E-state index contributed by atoms with van der Waals surface area (Å²) in [5, 5.41) is -0.331. The Balaban J connectivity index is 1.60. The van der Waals surface area contributed by atoms with E-state index in [0.717, 1.165) is 27.4 Å². The summed E-state index contributed by atoms with van der Waals surface area (Å²) in [4.78, 5) is 39.5. The van der Waals surface area contributed by atoms with Crippen LogP contribution in [-0.4, -0.2) is 22.0 Å². The van der Waals surface area contributed by atoms with Crippen molar-refractivity contribution in [3.05, 3.63) is 104 Å². The fraction of sp³-hybridized carbons (Fsp3) is 0.0800. The lowest BCUT2D eigenvalue weighted by Gasteiger charge is -2.14. The molecule has 0 saturated carbocycles. The number of carbonyl (C=O) groups is 3. The Labute approximate surface area is 198 Å². The highest BCUT2D eigenvalue weighted by atomic mass is 79.9. The number of benzene rings is 3. The van der Waals surface area contributed by atoms with Crippen LogP contribution in [0.25, 0.3) is 6.08 Å². The first-order chi connectivity index (χ1) is 15.4. The van der Waals surface area contributed by atoms with Crippen molar-refractivity contribution in [2.24, 2.45) is 0 Å². The molecule has 0 aromatic heterocycles. The quantitative estimate of drug-likeness (QED) is 0.233. The van der Waals surface area contributed by atoms with E-state index in [1.165, 1.54) is 4.90 Å². The minimum Gasteiger partial charge on any atom is -0.422 e. The number of rotatable bonds is 5. The number of aryl methyl sites for hydroxylation is 1. The lowest BCUT2D eigenvalue weighted by Crippen LogP contribution is -2.27. The van der Waals surface area contributed by atoms with Crippen molar-refractivity contribution in [1.29, 1.82) is 0 Å². The number of nitrogens with zero attached hydrogens (tertiary/aromatic N) is 1. The average Bonchev–Trinajstić information content (AvgIpc) is 3.05. The Bertz CT molecular complexity index is 1240. The standard InChI is InChI=1S/C25H18BrNO4S/c1-16-7-5-6-10-18(16)15-27-23(28)22(32-25(27)30)14-19-13-20(26)11-12-21(19)31-24(29)17-8-3-2-4-9-17/h2-14H,15H2,1H3/b22-14-. The second-order valence-electron chi connectivity index (χ2n) is 7.13. The second-order valence-corrected chi connectivity index (χ2v) is 9.04. The molecule has 3 aromatic carbocycles. The highest BCUT2D eigenvalue weighted by molar-refractivity contribution is 9.10. The van der Waals surface area contributed by atoms with Crippen molar-refractivity contribution in [2.75, 3.05) is 0 Å². The van der Waals surface area contributed by atoms with Crippen LogP contribution < -0.4 is 4.74 Å². The zero-order valence-electron chi connectivity index (χ0n) is 17.1. The summed E-state index contributed by atoms with van der Waals surface area (Å²) >= 11 is 4.28. The van der Waals surface area contributed by atoms with Gasteiger partial charge in [0.2, 0.25) is 0 Å². The molecule has 32 heavy (non-hydrogen) atoms. The van der Waals surface area contributed by atoms with Crippen LogP contribution in [0, 0.1) is 6.92 Å². The normalized spacial score (nSPS) is 14.8. The first-order valence-corrected chi connectivity index (χ1v) is 11.4. The summed E-state index contributed by atoms with van der Waals surface area (Å²) in [5.41, 5.74) is 2.86. The topological polar surface area (TPSA) is 63.7 Å². The molecule has 1 heterocycles. The van der Waals surface area contributed by atoms with Crippen LogP contribution in [0.5, 0.6) is 5.75 Å². The first-order valence-electron chi connectivity index (χ1n) is 9.79. The largest absolute Gasteiger partial charge is 0.422 e. The lowest BCUT2D eigenvalue weighted by molar-refractivity contribution is -0.123. The van der Waals surface area contributed by atoms with Gasteiger partial charge in [0.15, 0.2) is 0 Å². The van der Waals surface area contributed by atoms with Gasteiger partial charge in [0.1, 0.15) is 5.75 Å². The second kappa shape index (κ2) is 9.54. The van der Waals surface area contributed by atoms with E-state index in [9.17, 15) is 14.4 Å². The van der Waals surface area contributed by atoms with Gasteiger partial charge in [-0.2, -0.15) is 0 Å². The lowest BCUT2D eigenvalue weighted by atomic mass is 10.1. The molecule has 0 atom stereocenters. The van der Waals surface area contributed by atoms with Crippen molar-refractivity contribution in [3.8, 4) is 5.75 Å². The minimum absolute atomic E-state index is 0.211. The van der Waals surface area contributed by atoms with Crippen LogP contribution in [0.4, 0.5) is 4.79 Å². The van der Waals surface area contributed by atoms with E-state index >= 15 is 0 Å². The number of hydrogen-bond acceptors (Lipinski definition) is 5. The first kappa shape index (κ1) is 22.0. The summed E-state index contributed by atoms with van der Waals surface area (Å²) < 4.78 is 6.33. The van der Waals surface area contributed by atoms with E-state index in [-0.39, 0.29) is 22.6 Å². The third-order valence-corrected chi connectivity index (χ3v) is 6.33. The third-order valence-electron chi connectivity index (χ3n) is 4.93. The number of carbonyl (C=O) groups excluding carboxylic acids is 3. The average molecular weight is 508 g/mol. The molecule has 0 N–H and O–H groups in total. The molecule has 7 heteroatoms. The van der Waals surface area contributed by atoms with Crippen LogP contribution in [-0.2, 0) is 11.3 Å². The maximum absolute atomic E-state index is 13.0. The molecular weight excluding hydrogens is 490 g/mol. The van der Waals surface area contributed by atoms with E-state index in [1.807, 2.05) is 37.3 Å². The van der Waals surface area contributed by atoms with Crippen LogP contribution >= 0.6 is 27.7 Å². The highest BCUT2D eigenvalue weighted by Crippen LogP contribution is 2.36. The molecule has 1 aliphatic heterocycles. The summed E-state index contributed by atoms with van der Waals surface area (Å²) in [6.45, 7) is 2.15. The van der Waals surface area contributed by atoms with Gasteiger partial charge in [-0.05, 0) is 66.2 Å². The van der Waals surface area contributed by atoms with Crippen molar-refractivity contribution >= 4 is 50.9 Å². The number of imide groups is 1. The minimum atomic E-state index is -0.504. The highest BCUT2D eigenvalue weighted by Gasteiger charge is 2.35. The van der Waals surface area contributed by atoms with Gasteiger partial charge < -0.3 is 4.74 Å². The van der Waals surface area contributed by atoms with E-state index in [0.29, 0.717) is 16.9 Å².